The van der Waals surface area contributed by atoms with Gasteiger partial charge in [0.1, 0.15) is 18.1 Å². The monoisotopic (exact) mass is 1030 g/mol. The first kappa shape index (κ1) is 58.7. The van der Waals surface area contributed by atoms with Crippen LogP contribution >= 0.6 is 11.8 Å². The molecule has 2 heterocycles. The molecule has 1 aromatic heterocycles. The Morgan fingerprint density at radius 2 is 1.49 bits per heavy atom. The molecule has 0 bridgehead atoms. The van der Waals surface area contributed by atoms with E-state index in [0.717, 1.165) is 27.1 Å². The van der Waals surface area contributed by atoms with Gasteiger partial charge in [-0.25, -0.2) is 0 Å². The summed E-state index contributed by atoms with van der Waals surface area (Å²) in [5.41, 5.74) is 13.9. The van der Waals surface area contributed by atoms with Crippen LogP contribution < -0.4 is 43.4 Å². The zero-order chi connectivity index (χ0) is 53.9. The summed E-state index contributed by atoms with van der Waals surface area (Å²) in [4.78, 5) is 134. The van der Waals surface area contributed by atoms with Gasteiger partial charge in [0.15, 0.2) is 11.6 Å². The Labute approximate surface area is 431 Å². The molecule has 0 aliphatic carbocycles. The van der Waals surface area contributed by atoms with E-state index in [2.05, 4.69) is 36.5 Å². The summed E-state index contributed by atoms with van der Waals surface area (Å²) in [6.07, 6.45) is 2.12. The minimum atomic E-state index is -1.26. The second-order valence-corrected chi connectivity index (χ2v) is 20.2. The molecule has 10 N–H and O–H groups in total. The number of hydrogen-bond acceptors (Lipinski definition) is 11. The molecule has 2 aromatic carbocycles. The summed E-state index contributed by atoms with van der Waals surface area (Å²) in [6.45, 7) is 11.9. The number of hydrogen-bond donors (Lipinski definition) is 8. The summed E-state index contributed by atoms with van der Waals surface area (Å²) >= 11 is 1.31. The number of carbonyl (C=O) groups excluding carboxylic acids is 10. The second-order valence-electron chi connectivity index (χ2n) is 19.2. The van der Waals surface area contributed by atoms with Gasteiger partial charge in [0.2, 0.25) is 47.3 Å². The Morgan fingerprint density at radius 1 is 0.849 bits per heavy atom. The molecular formula is C53H73N9O10S. The van der Waals surface area contributed by atoms with Crippen molar-refractivity contribution in [3.63, 3.8) is 0 Å². The number of thioether (sulfide) groups is 1. The van der Waals surface area contributed by atoms with Gasteiger partial charge < -0.3 is 47.9 Å². The zero-order valence-corrected chi connectivity index (χ0v) is 43.8. The minimum absolute atomic E-state index is 0.0274. The van der Waals surface area contributed by atoms with Crippen LogP contribution in [0.2, 0.25) is 0 Å². The number of nitrogens with two attached hydrogens (primary N) is 2. The third-order valence-electron chi connectivity index (χ3n) is 12.7. The minimum Gasteiger partial charge on any atom is -0.370 e. The first-order chi connectivity index (χ1) is 34.6. The van der Waals surface area contributed by atoms with Crippen LogP contribution in [0.3, 0.4) is 0 Å². The number of amides is 8. The molecule has 20 heteroatoms. The van der Waals surface area contributed by atoms with Gasteiger partial charge in [0.25, 0.3) is 0 Å². The maximum absolute atomic E-state index is 14.7. The number of nitrogens with one attached hydrogen (secondary N) is 6. The van der Waals surface area contributed by atoms with E-state index in [1.165, 1.54) is 32.5 Å². The number of fused-ring (bicyclic) bond motifs is 3. The number of nitrogens with zero attached hydrogens (tertiary/aromatic N) is 1. The lowest BCUT2D eigenvalue weighted by Crippen LogP contribution is -2.57. The number of aromatic nitrogens is 1. The Bertz CT molecular complexity index is 2530. The molecule has 0 spiro atoms. The summed E-state index contributed by atoms with van der Waals surface area (Å²) in [5, 5.41) is 18.7. The third kappa shape index (κ3) is 18.0. The van der Waals surface area contributed by atoms with E-state index in [9.17, 15) is 47.9 Å². The zero-order valence-electron chi connectivity index (χ0n) is 43.0. The Morgan fingerprint density at radius 3 is 2.12 bits per heavy atom. The average Bonchev–Trinajstić information content (AvgIpc) is 3.65. The standard InChI is InChI=1S/C53H73N9O10S/c1-8-31(4)47-37-18-12-13-19-38(37)53-62(47)23-15-14-20-39(48(55)68)58-51(71)40(24-30(2)3)60-52(72)41(26-35-16-10-9-11-17-35)59-49(69)32(5)25-44(65)42(29-73-53)61-50(70)36(21-22-45(54)66)27-43(64)33(6)57-46(67)28-56-34(7)63/h8-13,16-19,30,32-33,36,39-42H,14-15,20-29H2,1-7H3,(H2,54,66)(H2,55,68)(H,56,63)(H,57,67)(H,58,71)(H,59,69)(H,60,72)(H,61,70)/b31-8+/t32-,33+,36-,39+,40+,41+,42+/m1/s1. The fourth-order valence-corrected chi connectivity index (χ4v) is 9.83. The SMILES string of the molecule is C/C=C(\C)c1c2ccccc2c2n1CCCC[C@@H](C(N)=O)NC(=O)[C@H](CC(C)C)NC(=O)[C@H](Cc1ccccc1)NC(=O)[C@H](C)CC(=O)[C@@H](NC(=O)[C@H](CCC(N)=O)CC(=O)[C@H](C)NC(=O)CNC(C)=O)CS2. The van der Waals surface area contributed by atoms with Crippen LogP contribution in [0, 0.1) is 17.8 Å². The van der Waals surface area contributed by atoms with Gasteiger partial charge >= 0.3 is 0 Å². The van der Waals surface area contributed by atoms with E-state index in [-0.39, 0.29) is 50.3 Å². The largest absolute Gasteiger partial charge is 0.370 e. The molecule has 3 aromatic rings. The van der Waals surface area contributed by atoms with Gasteiger partial charge in [0, 0.05) is 67.5 Å². The smallest absolute Gasteiger partial charge is 0.243 e. The summed E-state index contributed by atoms with van der Waals surface area (Å²) < 4.78 is 2.13. The molecule has 396 valence electrons. The molecule has 0 saturated carbocycles. The molecule has 1 aliphatic heterocycles. The molecule has 0 radical (unpaired) electrons. The second kappa shape index (κ2) is 28.4. The van der Waals surface area contributed by atoms with Crippen molar-refractivity contribution in [1.29, 1.82) is 0 Å². The van der Waals surface area contributed by atoms with E-state index >= 15 is 0 Å². The van der Waals surface area contributed by atoms with Crippen molar-refractivity contribution in [2.45, 2.75) is 148 Å². The number of ketones is 2. The molecule has 1 aliphatic rings. The van der Waals surface area contributed by atoms with E-state index in [1.54, 1.807) is 30.3 Å². The molecule has 4 rings (SSSR count). The first-order valence-electron chi connectivity index (χ1n) is 24.9. The van der Waals surface area contributed by atoms with Crippen LogP contribution in [0.4, 0.5) is 0 Å². The van der Waals surface area contributed by atoms with Crippen LogP contribution in [0.5, 0.6) is 0 Å². The number of carbonyl (C=O) groups is 10. The van der Waals surface area contributed by atoms with Crippen molar-refractivity contribution in [2.75, 3.05) is 12.3 Å². The van der Waals surface area contributed by atoms with Crippen LogP contribution in [0.25, 0.3) is 16.3 Å². The summed E-state index contributed by atoms with van der Waals surface area (Å²) in [6, 6.07) is 11.0. The Hall–Kier alpha value is -6.83. The lowest BCUT2D eigenvalue weighted by atomic mass is 9.92. The lowest BCUT2D eigenvalue weighted by molar-refractivity contribution is -0.135. The fraction of sp³-hybridized carbons (Fsp3) is 0.509. The highest BCUT2D eigenvalue weighted by Crippen LogP contribution is 2.38. The average molecular weight is 1030 g/mol. The van der Waals surface area contributed by atoms with Crippen molar-refractivity contribution in [3.8, 4) is 0 Å². The third-order valence-corrected chi connectivity index (χ3v) is 14.0. The highest BCUT2D eigenvalue weighted by atomic mass is 32.2. The number of benzene rings is 2. The number of primary amides is 2. The molecule has 0 unspecified atom stereocenters. The molecule has 7 atom stereocenters. The van der Waals surface area contributed by atoms with Crippen molar-refractivity contribution in [2.24, 2.45) is 29.2 Å². The number of Topliss-reactive ketones (excluding diaryl/α,β-unsaturated/α-hetero) is 2. The fourth-order valence-electron chi connectivity index (χ4n) is 8.57. The van der Waals surface area contributed by atoms with Crippen molar-refractivity contribution >= 4 is 86.9 Å². The maximum atomic E-state index is 14.7. The normalized spacial score (nSPS) is 20.8. The maximum Gasteiger partial charge on any atom is 0.243 e. The Balaban J connectivity index is 1.80. The summed E-state index contributed by atoms with van der Waals surface area (Å²) in [7, 11) is 0. The van der Waals surface area contributed by atoms with Crippen molar-refractivity contribution in [1.82, 2.24) is 36.5 Å². The number of rotatable bonds is 17. The van der Waals surface area contributed by atoms with E-state index < -0.39 is 114 Å². The predicted molar refractivity (Wildman–Crippen MR) is 279 cm³/mol. The van der Waals surface area contributed by atoms with Crippen molar-refractivity contribution in [3.05, 3.63) is 71.9 Å². The van der Waals surface area contributed by atoms with Gasteiger partial charge in [-0.05, 0) is 69.9 Å². The van der Waals surface area contributed by atoms with E-state index in [4.69, 9.17) is 11.5 Å². The molecule has 8 amide bonds. The molecule has 19 nitrogen and oxygen atoms in total. The Kier molecular flexibility index (Phi) is 22.9. The first-order valence-corrected chi connectivity index (χ1v) is 25.9. The van der Waals surface area contributed by atoms with Crippen molar-refractivity contribution < 1.29 is 47.9 Å². The molecule has 0 fully saturated rings. The van der Waals surface area contributed by atoms with Gasteiger partial charge in [0.05, 0.1) is 29.3 Å². The number of allylic oxidation sites excluding steroid dienone is 2. The van der Waals surface area contributed by atoms with Crippen LogP contribution in [0.15, 0.2) is 65.7 Å². The van der Waals surface area contributed by atoms with Gasteiger partial charge in [-0.15, -0.1) is 11.8 Å². The molecular weight excluding hydrogens is 955 g/mol. The van der Waals surface area contributed by atoms with Crippen LogP contribution in [-0.4, -0.2) is 106 Å². The molecule has 73 heavy (non-hydrogen) atoms. The highest BCUT2D eigenvalue weighted by Gasteiger charge is 2.34. The molecule has 0 saturated heterocycles. The quantitative estimate of drug-likeness (QED) is 0.0972. The topological polar surface area (TPSA) is 300 Å². The summed E-state index contributed by atoms with van der Waals surface area (Å²) in [5.74, 6) is -8.63. The lowest BCUT2D eigenvalue weighted by Gasteiger charge is -2.27. The highest BCUT2D eigenvalue weighted by molar-refractivity contribution is 7.99. The predicted octanol–water partition coefficient (Wildman–Crippen LogP) is 3.13. The van der Waals surface area contributed by atoms with E-state index in [1.807, 2.05) is 58.0 Å². The van der Waals surface area contributed by atoms with Crippen LogP contribution in [-0.2, 0) is 60.9 Å². The van der Waals surface area contributed by atoms with Gasteiger partial charge in [-0.1, -0.05) is 81.4 Å². The van der Waals surface area contributed by atoms with Crippen LogP contribution in [0.1, 0.15) is 111 Å². The van der Waals surface area contributed by atoms with Gasteiger partial charge in [-0.3, -0.25) is 47.9 Å². The van der Waals surface area contributed by atoms with Gasteiger partial charge in [-0.2, -0.15) is 0 Å². The van der Waals surface area contributed by atoms with E-state index in [0.29, 0.717) is 24.9 Å².